The van der Waals surface area contributed by atoms with Gasteiger partial charge in [0, 0.05) is 42.8 Å². The van der Waals surface area contributed by atoms with Crippen molar-refractivity contribution in [3.63, 3.8) is 0 Å². The van der Waals surface area contributed by atoms with E-state index in [-0.39, 0.29) is 34.7 Å². The number of nitrogens with one attached hydrogen (secondary N) is 1. The van der Waals surface area contributed by atoms with E-state index in [4.69, 9.17) is 5.73 Å². The van der Waals surface area contributed by atoms with Crippen molar-refractivity contribution in [2.24, 2.45) is 5.73 Å². The third-order valence-electron chi connectivity index (χ3n) is 5.80. The molecule has 0 bridgehead atoms. The van der Waals surface area contributed by atoms with Crippen molar-refractivity contribution in [1.82, 2.24) is 24.1 Å². The van der Waals surface area contributed by atoms with E-state index in [0.29, 0.717) is 37.8 Å². The van der Waals surface area contributed by atoms with E-state index in [1.807, 2.05) is 0 Å². The highest BCUT2D eigenvalue weighted by molar-refractivity contribution is 7.89. The number of rotatable bonds is 7. The van der Waals surface area contributed by atoms with Crippen LogP contribution in [0.1, 0.15) is 32.3 Å². The van der Waals surface area contributed by atoms with E-state index in [9.17, 15) is 26.7 Å². The van der Waals surface area contributed by atoms with Crippen LogP contribution in [0.15, 0.2) is 47.8 Å². The van der Waals surface area contributed by atoms with Gasteiger partial charge in [0.05, 0.1) is 28.9 Å². The van der Waals surface area contributed by atoms with Gasteiger partial charge in [-0.3, -0.25) is 4.68 Å². The van der Waals surface area contributed by atoms with E-state index in [1.54, 1.807) is 13.8 Å². The average Bonchev–Trinajstić information content (AvgIpc) is 3.26. The third-order valence-corrected chi connectivity index (χ3v) is 7.71. The van der Waals surface area contributed by atoms with Crippen LogP contribution in [0.5, 0.6) is 0 Å². The van der Waals surface area contributed by atoms with Gasteiger partial charge in [0.15, 0.2) is 0 Å². The van der Waals surface area contributed by atoms with Gasteiger partial charge < -0.3 is 16.2 Å². The molecule has 1 aliphatic rings. The van der Waals surface area contributed by atoms with Gasteiger partial charge in [-0.25, -0.2) is 18.4 Å². The zero-order valence-corrected chi connectivity index (χ0v) is 21.1. The molecule has 0 atom stereocenters. The molecule has 0 aliphatic carbocycles. The van der Waals surface area contributed by atoms with Crippen LogP contribution in [0.4, 0.5) is 24.8 Å². The molecule has 37 heavy (non-hydrogen) atoms. The van der Waals surface area contributed by atoms with Gasteiger partial charge in [0.1, 0.15) is 5.56 Å². The van der Waals surface area contributed by atoms with Crippen LogP contribution in [0.3, 0.4) is 0 Å². The van der Waals surface area contributed by atoms with Gasteiger partial charge in [-0.2, -0.15) is 22.6 Å². The number of nitrogens with two attached hydrogens (primary N) is 1. The zero-order valence-electron chi connectivity index (χ0n) is 20.3. The fourth-order valence-electron chi connectivity index (χ4n) is 3.94. The van der Waals surface area contributed by atoms with Crippen molar-refractivity contribution in [2.45, 2.75) is 55.9 Å². The lowest BCUT2D eigenvalue weighted by atomic mass is 10.1. The average molecular weight is 540 g/mol. The summed E-state index contributed by atoms with van der Waals surface area (Å²) in [5.41, 5.74) is 3.82. The molecule has 4 N–H and O–H groups in total. The molecule has 14 heteroatoms. The normalized spacial score (nSPS) is 16.2. The van der Waals surface area contributed by atoms with E-state index >= 15 is 0 Å². The molecule has 3 heterocycles. The topological polar surface area (TPSA) is 139 Å². The van der Waals surface area contributed by atoms with Gasteiger partial charge in [0.25, 0.3) is 0 Å². The molecular formula is C23H28F3N7O3S. The van der Waals surface area contributed by atoms with E-state index in [2.05, 4.69) is 20.4 Å². The maximum absolute atomic E-state index is 13.7. The van der Waals surface area contributed by atoms with Crippen molar-refractivity contribution in [3.8, 4) is 11.3 Å². The predicted molar refractivity (Wildman–Crippen MR) is 130 cm³/mol. The summed E-state index contributed by atoms with van der Waals surface area (Å²) < 4.78 is 69.5. The van der Waals surface area contributed by atoms with Crippen molar-refractivity contribution in [3.05, 3.63) is 48.4 Å². The molecule has 0 radical (unpaired) electrons. The Morgan fingerprint density at radius 3 is 2.38 bits per heavy atom. The van der Waals surface area contributed by atoms with Crippen molar-refractivity contribution < 1.29 is 26.7 Å². The summed E-state index contributed by atoms with van der Waals surface area (Å²) in [6.45, 7) is 3.88. The number of hydrogen-bond acceptors (Lipinski definition) is 8. The molecule has 10 nitrogen and oxygen atoms in total. The fraction of sp³-hybridized carbons (Fsp3) is 0.435. The minimum Gasteiger partial charge on any atom is -0.389 e. The smallest absolute Gasteiger partial charge is 0.389 e. The Bertz CT molecular complexity index is 1350. The number of alkyl halides is 3. The quantitative estimate of drug-likeness (QED) is 0.417. The lowest BCUT2D eigenvalue weighted by molar-refractivity contribution is -0.137. The Morgan fingerprint density at radius 1 is 1.14 bits per heavy atom. The van der Waals surface area contributed by atoms with E-state index in [0.717, 1.165) is 0 Å². The van der Waals surface area contributed by atoms with E-state index < -0.39 is 27.4 Å². The molecule has 0 unspecified atom stereocenters. The Morgan fingerprint density at radius 2 is 1.78 bits per heavy atom. The molecule has 1 saturated heterocycles. The first-order chi connectivity index (χ1) is 17.2. The SMILES string of the molecule is CC(C)(O)Cn1cc(-c2nc(Nc3ccc(S(=O)(=O)N4CCC(N)CC4)cc3)ncc2C(F)(F)F)cn1. The van der Waals surface area contributed by atoms with Crippen LogP contribution in [0, 0.1) is 0 Å². The van der Waals surface area contributed by atoms with Crippen LogP contribution in [-0.2, 0) is 22.7 Å². The van der Waals surface area contributed by atoms with Crippen LogP contribution in [-0.4, -0.2) is 62.3 Å². The van der Waals surface area contributed by atoms with Crippen LogP contribution in [0.2, 0.25) is 0 Å². The summed E-state index contributed by atoms with van der Waals surface area (Å²) in [6, 6.07) is 5.80. The van der Waals surface area contributed by atoms with Crippen molar-refractivity contribution >= 4 is 21.7 Å². The third kappa shape index (κ3) is 6.44. The standard InChI is InChI=1S/C23H28F3N7O3S/c1-22(2,34)14-32-13-15(11-29-32)20-19(23(24,25)26)12-28-21(31-20)30-17-3-5-18(6-4-17)37(35,36)33-9-7-16(27)8-10-33/h3-6,11-13,16,34H,7-10,14,27H2,1-2H3,(H,28,30,31). The first kappa shape index (κ1) is 27.0. The minimum atomic E-state index is -4.71. The maximum atomic E-state index is 13.7. The highest BCUT2D eigenvalue weighted by Crippen LogP contribution is 2.36. The number of halogens is 3. The first-order valence-electron chi connectivity index (χ1n) is 11.5. The Labute approximate surface area is 212 Å². The first-order valence-corrected chi connectivity index (χ1v) is 13.0. The molecule has 0 amide bonds. The van der Waals surface area contributed by atoms with Gasteiger partial charge in [-0.05, 0) is 51.0 Å². The number of hydrogen-bond donors (Lipinski definition) is 3. The lowest BCUT2D eigenvalue weighted by Crippen LogP contribution is -2.42. The number of benzene rings is 1. The van der Waals surface area contributed by atoms with Gasteiger partial charge in [-0.15, -0.1) is 0 Å². The molecule has 2 aromatic heterocycles. The summed E-state index contributed by atoms with van der Waals surface area (Å²) in [6.07, 6.45) is -0.253. The second-order valence-electron chi connectivity index (χ2n) is 9.58. The molecule has 1 aromatic carbocycles. The highest BCUT2D eigenvalue weighted by Gasteiger charge is 2.36. The fourth-order valence-corrected chi connectivity index (χ4v) is 5.41. The number of piperidine rings is 1. The number of aromatic nitrogens is 4. The summed E-state index contributed by atoms with van der Waals surface area (Å²) in [5, 5.41) is 16.8. The number of anilines is 2. The Balaban J connectivity index is 1.57. The Hall–Kier alpha value is -3.07. The van der Waals surface area contributed by atoms with Gasteiger partial charge >= 0.3 is 6.18 Å². The summed E-state index contributed by atoms with van der Waals surface area (Å²) in [4.78, 5) is 7.97. The van der Waals surface area contributed by atoms with Gasteiger partial charge in [0.2, 0.25) is 16.0 Å². The molecule has 0 spiro atoms. The monoisotopic (exact) mass is 539 g/mol. The second-order valence-corrected chi connectivity index (χ2v) is 11.5. The highest BCUT2D eigenvalue weighted by atomic mass is 32.2. The molecule has 200 valence electrons. The molecular weight excluding hydrogens is 511 g/mol. The summed E-state index contributed by atoms with van der Waals surface area (Å²) >= 11 is 0. The van der Waals surface area contributed by atoms with Crippen LogP contribution < -0.4 is 11.1 Å². The minimum absolute atomic E-state index is 0.0116. The van der Waals surface area contributed by atoms with Crippen LogP contribution >= 0.6 is 0 Å². The molecule has 3 aromatic rings. The number of nitrogens with zero attached hydrogens (tertiary/aromatic N) is 5. The summed E-state index contributed by atoms with van der Waals surface area (Å²) in [5.74, 6) is -0.112. The molecule has 1 aliphatic heterocycles. The maximum Gasteiger partial charge on any atom is 0.419 e. The van der Waals surface area contributed by atoms with Crippen LogP contribution in [0.25, 0.3) is 11.3 Å². The molecule has 0 saturated carbocycles. The lowest BCUT2D eigenvalue weighted by Gasteiger charge is -2.29. The summed E-state index contributed by atoms with van der Waals surface area (Å²) in [7, 11) is -3.68. The van der Waals surface area contributed by atoms with Crippen molar-refractivity contribution in [2.75, 3.05) is 18.4 Å². The molecule has 4 rings (SSSR count). The van der Waals surface area contributed by atoms with Gasteiger partial charge in [-0.1, -0.05) is 0 Å². The largest absolute Gasteiger partial charge is 0.419 e. The number of sulfonamides is 1. The zero-order chi connectivity index (χ0) is 27.0. The Kier molecular flexibility index (Phi) is 7.29. The van der Waals surface area contributed by atoms with E-state index in [1.165, 1.54) is 45.6 Å². The predicted octanol–water partition coefficient (Wildman–Crippen LogP) is 2.99. The second kappa shape index (κ2) is 10.0. The molecule has 1 fully saturated rings. The number of aliphatic hydroxyl groups is 1. The van der Waals surface area contributed by atoms with Crippen molar-refractivity contribution in [1.29, 1.82) is 0 Å².